The molecule has 2 aliphatic rings. The summed E-state index contributed by atoms with van der Waals surface area (Å²) in [6, 6.07) is 0. The summed E-state index contributed by atoms with van der Waals surface area (Å²) in [5.74, 6) is -0.290. The molecular weight excluding hydrogens is 475 g/mol. The van der Waals surface area contributed by atoms with Gasteiger partial charge in [0.05, 0.1) is 18.6 Å². The first-order valence-corrected chi connectivity index (χ1v) is 14.8. The maximum absolute atomic E-state index is 13.0. The van der Waals surface area contributed by atoms with Crippen LogP contribution in [0.25, 0.3) is 0 Å². The molecule has 0 bridgehead atoms. The molecule has 2 atom stereocenters. The van der Waals surface area contributed by atoms with Crippen molar-refractivity contribution >= 4 is 29.2 Å². The highest BCUT2D eigenvalue weighted by molar-refractivity contribution is 6.20. The Morgan fingerprint density at radius 1 is 0.853 bits per heavy atom. The quantitative estimate of drug-likeness (QED) is 0.0690. The minimum Gasteiger partial charge on any atom is -0.463 e. The van der Waals surface area contributed by atoms with Gasteiger partial charge in [0, 0.05) is 10.8 Å². The third-order valence-electron chi connectivity index (χ3n) is 7.63. The van der Waals surface area contributed by atoms with Crippen LogP contribution in [0.15, 0.2) is 0 Å². The summed E-state index contributed by atoms with van der Waals surface area (Å²) in [5, 5.41) is 10.2. The van der Waals surface area contributed by atoms with Gasteiger partial charge in [0.2, 0.25) is 0 Å². The lowest BCUT2D eigenvalue weighted by molar-refractivity contribution is -0.294. The second kappa shape index (κ2) is 18.2. The van der Waals surface area contributed by atoms with E-state index in [1.54, 1.807) is 0 Å². The monoisotopic (exact) mass is 522 g/mol. The normalized spacial score (nSPS) is 27.3. The topological polar surface area (TPSA) is 65.0 Å². The molecule has 2 aliphatic carbocycles. The van der Waals surface area contributed by atoms with E-state index in [-0.39, 0.29) is 29.4 Å². The van der Waals surface area contributed by atoms with Gasteiger partial charge in [-0.1, -0.05) is 51.9 Å². The maximum Gasteiger partial charge on any atom is 0.311 e. The Kier molecular flexibility index (Phi) is 16.2. The van der Waals surface area contributed by atoms with Gasteiger partial charge in [-0.15, -0.1) is 23.2 Å². The average Bonchev–Trinajstić information content (AvgIpc) is 2.84. The third-order valence-corrected chi connectivity index (χ3v) is 8.51. The number of carbonyl (C=O) groups excluding carboxylic acids is 1. The van der Waals surface area contributed by atoms with Crippen molar-refractivity contribution in [3.63, 3.8) is 0 Å². The van der Waals surface area contributed by atoms with Crippen LogP contribution < -0.4 is 0 Å². The van der Waals surface area contributed by atoms with Crippen LogP contribution in [0.2, 0.25) is 0 Å². The van der Waals surface area contributed by atoms with Crippen molar-refractivity contribution in [1.29, 1.82) is 0 Å². The number of alkyl halides is 2. The standard InChI is InChI=1S/C27H48Cl2O5/c1-2-3-4-5-6-7-8-9-25(26(34-31)20-21-10-12-22(28)13-11-21)27(30)33-19-18-32-24-16-14-23(29)15-17-24/h21-26,31H,2-20H2,1H3. The van der Waals surface area contributed by atoms with Crippen LogP contribution in [0.5, 0.6) is 0 Å². The molecule has 0 aliphatic heterocycles. The first kappa shape index (κ1) is 30.2. The van der Waals surface area contributed by atoms with Crippen molar-refractivity contribution in [2.75, 3.05) is 13.2 Å². The first-order chi connectivity index (χ1) is 16.5. The summed E-state index contributed by atoms with van der Waals surface area (Å²) in [6.07, 6.45) is 17.2. The molecular formula is C27H48Cl2O5. The highest BCUT2D eigenvalue weighted by Crippen LogP contribution is 2.33. The van der Waals surface area contributed by atoms with E-state index in [4.69, 9.17) is 37.6 Å². The van der Waals surface area contributed by atoms with Crippen LogP contribution in [0.1, 0.15) is 116 Å². The Morgan fingerprint density at radius 3 is 2.06 bits per heavy atom. The molecule has 2 fully saturated rings. The fourth-order valence-corrected chi connectivity index (χ4v) is 5.90. The van der Waals surface area contributed by atoms with Crippen molar-refractivity contribution in [2.24, 2.45) is 11.8 Å². The van der Waals surface area contributed by atoms with Crippen molar-refractivity contribution in [3.05, 3.63) is 0 Å². The number of carbonyl (C=O) groups is 1. The molecule has 0 spiro atoms. The van der Waals surface area contributed by atoms with Gasteiger partial charge in [-0.3, -0.25) is 10.1 Å². The minimum absolute atomic E-state index is 0.211. The molecule has 200 valence electrons. The lowest BCUT2D eigenvalue weighted by Crippen LogP contribution is -2.35. The fourth-order valence-electron chi connectivity index (χ4n) is 5.40. The molecule has 0 aromatic carbocycles. The van der Waals surface area contributed by atoms with E-state index in [0.29, 0.717) is 25.4 Å². The Labute approximate surface area is 217 Å². The average molecular weight is 524 g/mol. The second-order valence-corrected chi connectivity index (χ2v) is 11.7. The zero-order valence-electron chi connectivity index (χ0n) is 21.2. The van der Waals surface area contributed by atoms with E-state index < -0.39 is 12.0 Å². The lowest BCUT2D eigenvalue weighted by Gasteiger charge is -2.30. The van der Waals surface area contributed by atoms with E-state index >= 15 is 0 Å². The molecule has 34 heavy (non-hydrogen) atoms. The van der Waals surface area contributed by atoms with Crippen LogP contribution in [-0.4, -0.2) is 47.4 Å². The van der Waals surface area contributed by atoms with Crippen LogP contribution in [-0.2, 0) is 19.2 Å². The molecule has 2 unspecified atom stereocenters. The van der Waals surface area contributed by atoms with Gasteiger partial charge < -0.3 is 9.47 Å². The summed E-state index contributed by atoms with van der Waals surface area (Å²) < 4.78 is 11.5. The highest BCUT2D eigenvalue weighted by Gasteiger charge is 2.34. The second-order valence-electron chi connectivity index (χ2n) is 10.4. The van der Waals surface area contributed by atoms with Crippen molar-refractivity contribution in [3.8, 4) is 0 Å². The van der Waals surface area contributed by atoms with Gasteiger partial charge in [0.1, 0.15) is 12.7 Å². The summed E-state index contributed by atoms with van der Waals surface area (Å²) in [7, 11) is 0. The van der Waals surface area contributed by atoms with E-state index in [1.165, 1.54) is 32.1 Å². The van der Waals surface area contributed by atoms with E-state index in [2.05, 4.69) is 6.92 Å². The summed E-state index contributed by atoms with van der Waals surface area (Å²) in [4.78, 5) is 17.9. The molecule has 0 saturated heterocycles. The molecule has 0 aromatic rings. The Balaban J connectivity index is 1.79. The molecule has 0 amide bonds. The van der Waals surface area contributed by atoms with E-state index in [0.717, 1.165) is 64.2 Å². The zero-order valence-corrected chi connectivity index (χ0v) is 22.7. The molecule has 7 heteroatoms. The number of hydrogen-bond donors (Lipinski definition) is 1. The zero-order chi connectivity index (χ0) is 24.6. The summed E-state index contributed by atoms with van der Waals surface area (Å²) in [6.45, 7) is 2.86. The van der Waals surface area contributed by atoms with E-state index in [1.807, 2.05) is 0 Å². The van der Waals surface area contributed by atoms with Gasteiger partial charge in [0.25, 0.3) is 0 Å². The highest BCUT2D eigenvalue weighted by atomic mass is 35.5. The van der Waals surface area contributed by atoms with Crippen LogP contribution in [0.4, 0.5) is 0 Å². The SMILES string of the molecule is CCCCCCCCCC(C(=O)OCCOC1CCC(Cl)CC1)C(CC1CCC(Cl)CC1)OO. The van der Waals surface area contributed by atoms with Gasteiger partial charge in [-0.25, -0.2) is 4.89 Å². The summed E-state index contributed by atoms with van der Waals surface area (Å²) in [5.41, 5.74) is 0. The molecule has 0 radical (unpaired) electrons. The molecule has 2 rings (SSSR count). The van der Waals surface area contributed by atoms with Gasteiger partial charge >= 0.3 is 5.97 Å². The fraction of sp³-hybridized carbons (Fsp3) is 0.963. The lowest BCUT2D eigenvalue weighted by atomic mass is 9.81. The molecule has 2 saturated carbocycles. The predicted molar refractivity (Wildman–Crippen MR) is 139 cm³/mol. The van der Waals surface area contributed by atoms with Crippen molar-refractivity contribution in [1.82, 2.24) is 0 Å². The Bertz CT molecular complexity index is 519. The van der Waals surface area contributed by atoms with Crippen LogP contribution >= 0.6 is 23.2 Å². The van der Waals surface area contributed by atoms with Crippen molar-refractivity contribution < 1.29 is 24.4 Å². The van der Waals surface area contributed by atoms with Crippen LogP contribution in [0, 0.1) is 11.8 Å². The third kappa shape index (κ3) is 12.3. The number of rotatable bonds is 17. The molecule has 5 nitrogen and oxygen atoms in total. The van der Waals surface area contributed by atoms with Gasteiger partial charge in [0.15, 0.2) is 0 Å². The number of hydrogen-bond acceptors (Lipinski definition) is 5. The number of esters is 1. The number of ether oxygens (including phenoxy) is 2. The molecule has 1 N–H and O–H groups in total. The van der Waals surface area contributed by atoms with Crippen molar-refractivity contribution in [2.45, 2.75) is 139 Å². The number of halogens is 2. The van der Waals surface area contributed by atoms with Gasteiger partial charge in [-0.05, 0) is 70.1 Å². The maximum atomic E-state index is 13.0. The van der Waals surface area contributed by atoms with Gasteiger partial charge in [-0.2, -0.15) is 0 Å². The predicted octanol–water partition coefficient (Wildman–Crippen LogP) is 7.90. The molecule has 0 heterocycles. The molecule has 0 aromatic heterocycles. The first-order valence-electron chi connectivity index (χ1n) is 13.9. The van der Waals surface area contributed by atoms with Crippen LogP contribution in [0.3, 0.4) is 0 Å². The van der Waals surface area contributed by atoms with E-state index in [9.17, 15) is 10.1 Å². The Morgan fingerprint density at radius 2 is 1.44 bits per heavy atom. The minimum atomic E-state index is -0.524. The number of unbranched alkanes of at least 4 members (excludes halogenated alkanes) is 6. The largest absolute Gasteiger partial charge is 0.463 e. The Hall–Kier alpha value is -0.0700. The summed E-state index contributed by atoms with van der Waals surface area (Å²) >= 11 is 12.4. The smallest absolute Gasteiger partial charge is 0.311 e.